The first-order valence-corrected chi connectivity index (χ1v) is 13.2. The average molecular weight is 542 g/mol. The number of aliphatic hydroxyl groups is 1. The van der Waals surface area contributed by atoms with Gasteiger partial charge in [0, 0.05) is 52.7 Å². The number of ether oxygens (including phenoxy) is 1. The molecule has 2 N–H and O–H groups in total. The van der Waals surface area contributed by atoms with E-state index in [9.17, 15) is 14.7 Å². The lowest BCUT2D eigenvalue weighted by Crippen LogP contribution is -2.21. The number of rotatable bonds is 8. The number of aryl methyl sites for hydroxylation is 1. The highest BCUT2D eigenvalue weighted by molar-refractivity contribution is 7.13. The molecule has 1 amide bonds. The van der Waals surface area contributed by atoms with E-state index in [0.29, 0.717) is 35.5 Å². The van der Waals surface area contributed by atoms with Gasteiger partial charge in [-0.1, -0.05) is 12.1 Å². The third kappa shape index (κ3) is 6.02. The number of amides is 1. The molecule has 0 unspecified atom stereocenters. The van der Waals surface area contributed by atoms with Gasteiger partial charge in [-0.05, 0) is 62.2 Å². The standard InChI is InChI=1S/C29H27N5O4S/c1-29(2,37)9-12-34-16-21-14-24(31-26(35)25-17-39-27(32-25)18-7-10-30-11-8-18)22(15-23(21)33-34)19-5-4-6-20(13-19)28(36)38-3/h4-8,10-11,13-17,37H,9,12H2,1-3H3,(H,31,35). The fraction of sp³-hybridized carbons (Fsp3) is 0.207. The van der Waals surface area contributed by atoms with Crippen molar-refractivity contribution in [1.82, 2.24) is 19.7 Å². The number of thiazole rings is 1. The maximum atomic E-state index is 13.3. The number of hydrogen-bond donors (Lipinski definition) is 2. The van der Waals surface area contributed by atoms with Gasteiger partial charge in [0.25, 0.3) is 5.91 Å². The molecule has 5 rings (SSSR count). The molecule has 2 aromatic carbocycles. The Morgan fingerprint density at radius 2 is 1.90 bits per heavy atom. The number of esters is 1. The summed E-state index contributed by atoms with van der Waals surface area (Å²) in [7, 11) is 1.33. The van der Waals surface area contributed by atoms with Gasteiger partial charge in [-0.2, -0.15) is 5.10 Å². The summed E-state index contributed by atoms with van der Waals surface area (Å²) in [6, 6.07) is 14.4. The first kappa shape index (κ1) is 26.2. The molecule has 3 heterocycles. The molecule has 0 aliphatic heterocycles. The van der Waals surface area contributed by atoms with Crippen LogP contribution in [0.1, 0.15) is 41.1 Å². The maximum absolute atomic E-state index is 13.3. The van der Waals surface area contributed by atoms with Crippen LogP contribution in [-0.4, -0.2) is 49.4 Å². The Balaban J connectivity index is 1.52. The number of methoxy groups -OCH3 is 1. The van der Waals surface area contributed by atoms with E-state index in [1.54, 1.807) is 54.5 Å². The molecular weight excluding hydrogens is 514 g/mol. The molecule has 39 heavy (non-hydrogen) atoms. The minimum absolute atomic E-state index is 0.294. The van der Waals surface area contributed by atoms with E-state index < -0.39 is 11.6 Å². The van der Waals surface area contributed by atoms with Gasteiger partial charge < -0.3 is 15.2 Å². The van der Waals surface area contributed by atoms with Crippen LogP contribution in [0, 0.1) is 0 Å². The lowest BCUT2D eigenvalue weighted by Gasteiger charge is -2.16. The highest BCUT2D eigenvalue weighted by Gasteiger charge is 2.18. The predicted molar refractivity (Wildman–Crippen MR) is 151 cm³/mol. The second-order valence-corrected chi connectivity index (χ2v) is 10.6. The molecule has 0 aliphatic carbocycles. The van der Waals surface area contributed by atoms with Crippen LogP contribution in [0.25, 0.3) is 32.6 Å². The van der Waals surface area contributed by atoms with E-state index in [-0.39, 0.29) is 5.91 Å². The number of anilines is 1. The molecule has 9 nitrogen and oxygen atoms in total. The Morgan fingerprint density at radius 1 is 1.10 bits per heavy atom. The molecule has 0 fully saturated rings. The van der Waals surface area contributed by atoms with Crippen molar-refractivity contribution in [3.63, 3.8) is 0 Å². The van der Waals surface area contributed by atoms with Crippen LogP contribution in [0.3, 0.4) is 0 Å². The molecule has 0 bridgehead atoms. The average Bonchev–Trinajstić information content (AvgIpc) is 3.58. The molecule has 3 aromatic heterocycles. The Kier molecular flexibility index (Phi) is 7.23. The molecule has 0 aliphatic rings. The number of fused-ring (bicyclic) bond motifs is 1. The minimum Gasteiger partial charge on any atom is -0.465 e. The Bertz CT molecular complexity index is 1650. The fourth-order valence-corrected chi connectivity index (χ4v) is 4.90. The molecule has 0 saturated carbocycles. The largest absolute Gasteiger partial charge is 0.465 e. The van der Waals surface area contributed by atoms with E-state index in [0.717, 1.165) is 27.0 Å². The summed E-state index contributed by atoms with van der Waals surface area (Å²) in [5.74, 6) is -0.809. The number of nitrogens with one attached hydrogen (secondary N) is 1. The zero-order chi connectivity index (χ0) is 27.6. The van der Waals surface area contributed by atoms with E-state index in [1.165, 1.54) is 18.4 Å². The molecule has 0 spiro atoms. The van der Waals surface area contributed by atoms with E-state index in [1.807, 2.05) is 36.5 Å². The van der Waals surface area contributed by atoms with Crippen molar-refractivity contribution < 1.29 is 19.4 Å². The van der Waals surface area contributed by atoms with Crippen LogP contribution in [0.15, 0.2) is 72.5 Å². The van der Waals surface area contributed by atoms with Crippen molar-refractivity contribution in [2.24, 2.45) is 0 Å². The second-order valence-electron chi connectivity index (χ2n) is 9.71. The summed E-state index contributed by atoms with van der Waals surface area (Å²) in [6.07, 6.45) is 5.78. The summed E-state index contributed by atoms with van der Waals surface area (Å²) >= 11 is 1.38. The molecule has 5 aromatic rings. The molecule has 10 heteroatoms. The van der Waals surface area contributed by atoms with Gasteiger partial charge in [0.1, 0.15) is 10.7 Å². The summed E-state index contributed by atoms with van der Waals surface area (Å²) in [6.45, 7) is 4.05. The minimum atomic E-state index is -0.820. The monoisotopic (exact) mass is 541 g/mol. The fourth-order valence-electron chi connectivity index (χ4n) is 4.09. The van der Waals surface area contributed by atoms with Crippen LogP contribution >= 0.6 is 11.3 Å². The van der Waals surface area contributed by atoms with Crippen LogP contribution in [0.2, 0.25) is 0 Å². The van der Waals surface area contributed by atoms with E-state index in [4.69, 9.17) is 4.74 Å². The number of nitrogens with zero attached hydrogens (tertiary/aromatic N) is 4. The zero-order valence-electron chi connectivity index (χ0n) is 21.7. The van der Waals surface area contributed by atoms with Gasteiger partial charge in [0.15, 0.2) is 0 Å². The van der Waals surface area contributed by atoms with Crippen molar-refractivity contribution in [3.05, 3.63) is 83.8 Å². The lowest BCUT2D eigenvalue weighted by atomic mass is 9.99. The third-order valence-corrected chi connectivity index (χ3v) is 7.04. The van der Waals surface area contributed by atoms with Gasteiger partial charge >= 0.3 is 5.97 Å². The quantitative estimate of drug-likeness (QED) is 0.252. The number of hydrogen-bond acceptors (Lipinski definition) is 8. The molecule has 198 valence electrons. The van der Waals surface area contributed by atoms with Gasteiger partial charge in [-0.3, -0.25) is 14.5 Å². The summed E-state index contributed by atoms with van der Waals surface area (Å²) < 4.78 is 6.67. The molecular formula is C29H27N5O4S. The highest BCUT2D eigenvalue weighted by Crippen LogP contribution is 2.34. The number of pyridine rings is 1. The van der Waals surface area contributed by atoms with Crippen molar-refractivity contribution in [2.75, 3.05) is 12.4 Å². The summed E-state index contributed by atoms with van der Waals surface area (Å²) in [5.41, 5.74) is 3.43. The zero-order valence-corrected chi connectivity index (χ0v) is 22.5. The van der Waals surface area contributed by atoms with Crippen LogP contribution < -0.4 is 5.32 Å². The van der Waals surface area contributed by atoms with E-state index >= 15 is 0 Å². The van der Waals surface area contributed by atoms with Gasteiger partial charge in [-0.15, -0.1) is 11.3 Å². The van der Waals surface area contributed by atoms with Gasteiger partial charge in [0.05, 0.1) is 23.8 Å². The summed E-state index contributed by atoms with van der Waals surface area (Å²) in [5, 5.41) is 21.1. The number of carbonyl (C=O) groups is 2. The summed E-state index contributed by atoms with van der Waals surface area (Å²) in [4.78, 5) is 34.1. The van der Waals surface area contributed by atoms with Crippen molar-refractivity contribution in [1.29, 1.82) is 0 Å². The predicted octanol–water partition coefficient (Wildman–Crippen LogP) is 5.42. The van der Waals surface area contributed by atoms with E-state index in [2.05, 4.69) is 20.4 Å². The highest BCUT2D eigenvalue weighted by atomic mass is 32.1. The van der Waals surface area contributed by atoms with Gasteiger partial charge in [0.2, 0.25) is 0 Å². The van der Waals surface area contributed by atoms with Crippen molar-refractivity contribution >= 4 is 39.8 Å². The Morgan fingerprint density at radius 3 is 2.64 bits per heavy atom. The Hall–Kier alpha value is -4.41. The number of benzene rings is 2. The maximum Gasteiger partial charge on any atom is 0.337 e. The number of aromatic nitrogens is 4. The first-order valence-electron chi connectivity index (χ1n) is 12.3. The second kappa shape index (κ2) is 10.8. The first-order chi connectivity index (χ1) is 18.7. The lowest BCUT2D eigenvalue weighted by molar-refractivity contribution is 0.0599. The van der Waals surface area contributed by atoms with Gasteiger partial charge in [-0.25, -0.2) is 9.78 Å². The molecule has 0 saturated heterocycles. The molecule has 0 radical (unpaired) electrons. The van der Waals surface area contributed by atoms with Crippen LogP contribution in [0.4, 0.5) is 5.69 Å². The third-order valence-electron chi connectivity index (χ3n) is 6.15. The SMILES string of the molecule is COC(=O)c1cccc(-c2cc3nn(CCC(C)(C)O)cc3cc2NC(=O)c2csc(-c3ccncc3)n2)c1. The number of carbonyl (C=O) groups excluding carboxylic acids is 2. The van der Waals surface area contributed by atoms with Crippen LogP contribution in [0.5, 0.6) is 0 Å². The Labute approximate surface area is 229 Å². The van der Waals surface area contributed by atoms with Crippen molar-refractivity contribution in [2.45, 2.75) is 32.4 Å². The van der Waals surface area contributed by atoms with Crippen LogP contribution in [-0.2, 0) is 11.3 Å². The molecule has 0 atom stereocenters. The smallest absolute Gasteiger partial charge is 0.337 e. The van der Waals surface area contributed by atoms with Crippen molar-refractivity contribution in [3.8, 4) is 21.7 Å². The normalized spacial score (nSPS) is 11.5. The topological polar surface area (TPSA) is 119 Å².